The van der Waals surface area contributed by atoms with Gasteiger partial charge in [0.15, 0.2) is 0 Å². The molecule has 2 unspecified atom stereocenters. The Hall–Kier alpha value is -6.22. The molecule has 2 aliphatic rings. The number of hydrogen-bond acceptors (Lipinski definition) is 14. The Morgan fingerprint density at radius 1 is 0.486 bits per heavy atom. The lowest BCUT2D eigenvalue weighted by Gasteiger charge is -2.36. The minimum atomic E-state index is -1.97. The molecular weight excluding hydrogens is 1130 g/mol. The average molecular weight is 1190 g/mol. The van der Waals surface area contributed by atoms with Crippen molar-refractivity contribution in [1.29, 1.82) is 0 Å². The lowest BCUT2D eigenvalue weighted by molar-refractivity contribution is -0.171. The Bertz CT molecular complexity index is 2670. The topological polar surface area (TPSA) is 195 Å². The summed E-state index contributed by atoms with van der Waals surface area (Å²) in [5.74, 6) is -1.36. The van der Waals surface area contributed by atoms with E-state index < -0.39 is 69.8 Å². The van der Waals surface area contributed by atoms with Crippen molar-refractivity contribution in [3.8, 4) is 0 Å². The highest BCUT2D eigenvalue weighted by Crippen LogP contribution is 2.39. The zero-order valence-corrected chi connectivity index (χ0v) is 48.0. The number of hydroxylamine groups is 4. The molecule has 4 amide bonds. The van der Waals surface area contributed by atoms with Crippen LogP contribution in [0.4, 0.5) is 30.6 Å². The van der Waals surface area contributed by atoms with Gasteiger partial charge < -0.3 is 18.9 Å². The number of hydrogen-bond donors (Lipinski definition) is 0. The minimum Gasteiger partial charge on any atom is -0.442 e. The van der Waals surface area contributed by atoms with Crippen LogP contribution >= 0.6 is 55.1 Å². The van der Waals surface area contributed by atoms with E-state index in [1.807, 2.05) is 0 Å². The molecule has 22 heteroatoms. The van der Waals surface area contributed by atoms with Crippen molar-refractivity contribution >= 4 is 114 Å². The maximum absolute atomic E-state index is 14.1. The Labute approximate surface area is 456 Å². The fourth-order valence-electron chi connectivity index (χ4n) is 6.84. The van der Waals surface area contributed by atoms with Crippen LogP contribution in [0.3, 0.4) is 0 Å². The standard InChI is InChI=1S/2C26H29BrClN3O6/c2*1-24(2,3)35-22(33)31(37-23(34)36-25(4,5)6)26(7)20(18-10-8-9-11-19(18)28)29-30(21(26)32)17-14-12-16(27)13-15-17/h2*8-15H,1-7H3. The smallest absolute Gasteiger partial charge is 0.442 e. The van der Waals surface area contributed by atoms with Crippen LogP contribution in [0.15, 0.2) is 116 Å². The maximum atomic E-state index is 14.1. The fourth-order valence-corrected chi connectivity index (χ4v) is 7.81. The van der Waals surface area contributed by atoms with Crippen LogP contribution in [0.25, 0.3) is 0 Å². The summed E-state index contributed by atoms with van der Waals surface area (Å²) in [6, 6.07) is 27.1. The average Bonchev–Trinajstić information content (AvgIpc) is 3.68. The number of rotatable bonds is 6. The van der Waals surface area contributed by atoms with Crippen molar-refractivity contribution in [3.05, 3.63) is 127 Å². The van der Waals surface area contributed by atoms with E-state index in [0.29, 0.717) is 32.6 Å². The van der Waals surface area contributed by atoms with E-state index in [1.54, 1.807) is 180 Å². The van der Waals surface area contributed by atoms with E-state index in [4.69, 9.17) is 51.8 Å². The van der Waals surface area contributed by atoms with Crippen molar-refractivity contribution in [3.63, 3.8) is 0 Å². The Morgan fingerprint density at radius 3 is 1.04 bits per heavy atom. The summed E-state index contributed by atoms with van der Waals surface area (Å²) in [6.45, 7) is 22.5. The van der Waals surface area contributed by atoms with E-state index in [0.717, 1.165) is 19.0 Å². The van der Waals surface area contributed by atoms with Gasteiger partial charge in [-0.2, -0.15) is 20.2 Å². The van der Waals surface area contributed by atoms with Gasteiger partial charge in [-0.15, -0.1) is 10.1 Å². The van der Waals surface area contributed by atoms with E-state index in [2.05, 4.69) is 42.1 Å². The van der Waals surface area contributed by atoms with Gasteiger partial charge in [0.05, 0.1) is 11.4 Å². The van der Waals surface area contributed by atoms with Gasteiger partial charge in [-0.1, -0.05) is 91.5 Å². The second-order valence-corrected chi connectivity index (χ2v) is 23.5. The minimum absolute atomic E-state index is 0.0698. The summed E-state index contributed by atoms with van der Waals surface area (Å²) in [5.41, 5.74) is -6.06. The van der Waals surface area contributed by atoms with Crippen molar-refractivity contribution in [2.24, 2.45) is 10.2 Å². The molecule has 0 spiro atoms. The Kier molecular flexibility index (Phi) is 17.7. The molecule has 6 rings (SSSR count). The summed E-state index contributed by atoms with van der Waals surface area (Å²) in [7, 11) is 0. The van der Waals surface area contributed by atoms with Crippen molar-refractivity contribution in [2.45, 2.75) is 130 Å². The van der Waals surface area contributed by atoms with Crippen LogP contribution in [-0.2, 0) is 38.2 Å². The second-order valence-electron chi connectivity index (χ2n) is 20.8. The number of benzene rings is 4. The van der Waals surface area contributed by atoms with E-state index in [9.17, 15) is 28.8 Å². The molecule has 18 nitrogen and oxygen atoms in total. The molecule has 0 aromatic heterocycles. The number of carbonyl (C=O) groups excluding carboxylic acids is 6. The first-order valence-electron chi connectivity index (χ1n) is 22.8. The molecule has 74 heavy (non-hydrogen) atoms. The number of carbonyl (C=O) groups is 6. The van der Waals surface area contributed by atoms with E-state index in [-0.39, 0.29) is 21.5 Å². The van der Waals surface area contributed by atoms with Gasteiger partial charge >= 0.3 is 24.5 Å². The highest BCUT2D eigenvalue weighted by atomic mass is 79.9. The first-order valence-corrected chi connectivity index (χ1v) is 25.2. The summed E-state index contributed by atoms with van der Waals surface area (Å²) >= 11 is 19.7. The zero-order chi connectivity index (χ0) is 55.5. The molecule has 0 aliphatic carbocycles. The third kappa shape index (κ3) is 14.1. The predicted octanol–water partition coefficient (Wildman–Crippen LogP) is 13.4. The summed E-state index contributed by atoms with van der Waals surface area (Å²) in [4.78, 5) is 91.3. The van der Waals surface area contributed by atoms with Crippen LogP contribution in [0, 0.1) is 0 Å². The number of hydrazone groups is 2. The summed E-state index contributed by atoms with van der Waals surface area (Å²) in [5, 5.41) is 13.0. The third-order valence-corrected chi connectivity index (χ3v) is 11.7. The van der Waals surface area contributed by atoms with Gasteiger partial charge in [0, 0.05) is 30.1 Å². The van der Waals surface area contributed by atoms with Gasteiger partial charge in [0.1, 0.15) is 33.8 Å². The molecule has 0 radical (unpaired) electrons. The van der Waals surface area contributed by atoms with E-state index in [1.165, 1.54) is 13.8 Å². The van der Waals surface area contributed by atoms with Crippen LogP contribution in [-0.4, -0.2) is 91.3 Å². The van der Waals surface area contributed by atoms with Crippen molar-refractivity contribution in [1.82, 2.24) is 10.1 Å². The van der Waals surface area contributed by atoms with Gasteiger partial charge in [-0.25, -0.2) is 19.2 Å². The maximum Gasteiger partial charge on any atom is 0.534 e. The van der Waals surface area contributed by atoms with Crippen LogP contribution in [0.2, 0.25) is 10.0 Å². The summed E-state index contributed by atoms with van der Waals surface area (Å²) < 4.78 is 23.2. The summed E-state index contributed by atoms with van der Waals surface area (Å²) in [6.07, 6.45) is -4.58. The van der Waals surface area contributed by atoms with Crippen LogP contribution < -0.4 is 10.0 Å². The molecule has 0 N–H and O–H groups in total. The van der Waals surface area contributed by atoms with Crippen molar-refractivity contribution in [2.75, 3.05) is 10.0 Å². The number of amides is 4. The normalized spacial score (nSPS) is 17.8. The number of anilines is 2. The molecular formula is C52H58Br2Cl2N6O12. The Morgan fingerprint density at radius 2 is 0.770 bits per heavy atom. The number of ether oxygens (including phenoxy) is 4. The van der Waals surface area contributed by atoms with Gasteiger partial charge in [-0.3, -0.25) is 19.3 Å². The highest BCUT2D eigenvalue weighted by Gasteiger charge is 2.60. The molecule has 2 aliphatic heterocycles. The molecule has 396 valence electrons. The SMILES string of the molecule is CC(C)(C)OC(=O)ON(C(=O)OC(C)(C)C)C1(C)C(=O)N(c2ccc(Br)cc2)N=C1c1ccccc1Cl.CC(C)(C)OC(=O)ON(C(=O)OC(C)(C)C)C1(C)C(=O)N(c2ccc(Br)cc2)N=C1c1ccccc1Cl. The van der Waals surface area contributed by atoms with Crippen molar-refractivity contribution < 1.29 is 57.4 Å². The van der Waals surface area contributed by atoms with Crippen LogP contribution in [0.1, 0.15) is 108 Å². The first-order chi connectivity index (χ1) is 34.1. The predicted molar refractivity (Wildman–Crippen MR) is 287 cm³/mol. The molecule has 2 heterocycles. The molecule has 0 bridgehead atoms. The first kappa shape index (κ1) is 58.7. The quantitative estimate of drug-likeness (QED) is 0.101. The highest BCUT2D eigenvalue weighted by molar-refractivity contribution is 9.10. The monoisotopic (exact) mass is 1190 g/mol. The van der Waals surface area contributed by atoms with E-state index >= 15 is 0 Å². The van der Waals surface area contributed by atoms with Crippen LogP contribution in [0.5, 0.6) is 0 Å². The number of halogens is 4. The Balaban J connectivity index is 0.000000274. The fraction of sp³-hybridized carbons (Fsp3) is 0.385. The molecule has 0 saturated heterocycles. The molecule has 0 saturated carbocycles. The second kappa shape index (κ2) is 22.3. The zero-order valence-electron chi connectivity index (χ0n) is 43.3. The lowest BCUT2D eigenvalue weighted by atomic mass is 9.89. The molecule has 0 fully saturated rings. The molecule has 2 atom stereocenters. The lowest BCUT2D eigenvalue weighted by Crippen LogP contribution is -2.61. The largest absolute Gasteiger partial charge is 0.534 e. The van der Waals surface area contributed by atoms with Gasteiger partial charge in [-0.05, 0) is 158 Å². The van der Waals surface area contributed by atoms with Gasteiger partial charge in [0.25, 0.3) is 11.8 Å². The molecule has 4 aromatic rings. The number of nitrogens with zero attached hydrogens (tertiary/aromatic N) is 6. The third-order valence-electron chi connectivity index (χ3n) is 9.98. The molecule has 4 aromatic carbocycles. The van der Waals surface area contributed by atoms with Gasteiger partial charge in [0.2, 0.25) is 11.1 Å².